The molecule has 0 aromatic rings. The third-order valence-corrected chi connectivity index (χ3v) is 5.97. The maximum Gasteiger partial charge on any atom is 0.309 e. The standard InChI is InChI=1S/C30H58O4/c1-8-9-10-11-12-13-14-15-16-17-18-19-20-21-22-26(28(32)34-25-30(5,6)7)23-27(31)33-24-29(2,3)4/h26H,8-25H2,1-7H3. The predicted molar refractivity (Wildman–Crippen MR) is 144 cm³/mol. The van der Waals surface area contributed by atoms with Crippen LogP contribution in [0.4, 0.5) is 0 Å². The average molecular weight is 483 g/mol. The topological polar surface area (TPSA) is 52.6 Å². The molecule has 0 bridgehead atoms. The molecule has 0 aliphatic carbocycles. The summed E-state index contributed by atoms with van der Waals surface area (Å²) in [4.78, 5) is 25.0. The monoisotopic (exact) mass is 482 g/mol. The van der Waals surface area contributed by atoms with Gasteiger partial charge in [0.25, 0.3) is 0 Å². The Labute approximate surface area is 212 Å². The lowest BCUT2D eigenvalue weighted by Crippen LogP contribution is -2.27. The fraction of sp³-hybridized carbons (Fsp3) is 0.933. The van der Waals surface area contributed by atoms with Crippen LogP contribution in [0.5, 0.6) is 0 Å². The number of carbonyl (C=O) groups is 2. The zero-order valence-electron chi connectivity index (χ0n) is 23.9. The van der Waals surface area contributed by atoms with Crippen LogP contribution in [-0.2, 0) is 19.1 Å². The zero-order valence-corrected chi connectivity index (χ0v) is 23.9. The molecule has 0 saturated heterocycles. The molecule has 0 aliphatic heterocycles. The van der Waals surface area contributed by atoms with Crippen molar-refractivity contribution in [2.45, 2.75) is 151 Å². The molecule has 1 unspecified atom stereocenters. The van der Waals surface area contributed by atoms with Gasteiger partial charge in [0.1, 0.15) is 0 Å². The van der Waals surface area contributed by atoms with E-state index >= 15 is 0 Å². The van der Waals surface area contributed by atoms with Crippen molar-refractivity contribution in [1.82, 2.24) is 0 Å². The molecule has 4 nitrogen and oxygen atoms in total. The molecule has 0 saturated carbocycles. The van der Waals surface area contributed by atoms with Crippen molar-refractivity contribution in [2.75, 3.05) is 13.2 Å². The summed E-state index contributed by atoms with van der Waals surface area (Å²) in [6, 6.07) is 0. The van der Waals surface area contributed by atoms with Gasteiger partial charge < -0.3 is 9.47 Å². The van der Waals surface area contributed by atoms with E-state index < -0.39 is 5.92 Å². The molecule has 0 aromatic carbocycles. The Morgan fingerprint density at radius 3 is 1.38 bits per heavy atom. The minimum Gasteiger partial charge on any atom is -0.465 e. The normalized spacial score (nSPS) is 13.0. The van der Waals surface area contributed by atoms with Gasteiger partial charge in [-0.15, -0.1) is 0 Å². The highest BCUT2D eigenvalue weighted by atomic mass is 16.5. The predicted octanol–water partition coefficient (Wildman–Crippen LogP) is 9.04. The lowest BCUT2D eigenvalue weighted by molar-refractivity contribution is -0.158. The first-order valence-corrected chi connectivity index (χ1v) is 14.3. The molecule has 0 radical (unpaired) electrons. The molecule has 0 aromatic heterocycles. The molecule has 0 spiro atoms. The van der Waals surface area contributed by atoms with Crippen LogP contribution < -0.4 is 0 Å². The Morgan fingerprint density at radius 2 is 0.971 bits per heavy atom. The Hall–Kier alpha value is -1.06. The molecule has 0 amide bonds. The number of unbranched alkanes of at least 4 members (excludes halogenated alkanes) is 13. The van der Waals surface area contributed by atoms with E-state index in [4.69, 9.17) is 9.47 Å². The van der Waals surface area contributed by atoms with Crippen molar-refractivity contribution in [1.29, 1.82) is 0 Å². The van der Waals surface area contributed by atoms with Crippen LogP contribution in [0.15, 0.2) is 0 Å². The van der Waals surface area contributed by atoms with E-state index in [1.807, 2.05) is 41.5 Å². The van der Waals surface area contributed by atoms with Crippen molar-refractivity contribution < 1.29 is 19.1 Å². The first-order chi connectivity index (χ1) is 15.9. The smallest absolute Gasteiger partial charge is 0.309 e. The van der Waals surface area contributed by atoms with Gasteiger partial charge in [0.2, 0.25) is 0 Å². The molecule has 0 N–H and O–H groups in total. The van der Waals surface area contributed by atoms with Crippen LogP contribution in [-0.4, -0.2) is 25.2 Å². The lowest BCUT2D eigenvalue weighted by atomic mass is 9.95. The molecule has 0 heterocycles. The van der Waals surface area contributed by atoms with Gasteiger partial charge in [0.05, 0.1) is 25.6 Å². The SMILES string of the molecule is CCCCCCCCCCCCCCCCC(CC(=O)OCC(C)(C)C)C(=O)OCC(C)(C)C. The zero-order chi connectivity index (χ0) is 25.9. The molecular formula is C30H58O4. The summed E-state index contributed by atoms with van der Waals surface area (Å²) in [5.74, 6) is -0.942. The van der Waals surface area contributed by atoms with E-state index in [1.165, 1.54) is 77.0 Å². The van der Waals surface area contributed by atoms with Gasteiger partial charge in [0.15, 0.2) is 0 Å². The fourth-order valence-corrected chi connectivity index (χ4v) is 3.85. The largest absolute Gasteiger partial charge is 0.465 e. The van der Waals surface area contributed by atoms with Gasteiger partial charge in [0, 0.05) is 0 Å². The van der Waals surface area contributed by atoms with Crippen LogP contribution in [0.25, 0.3) is 0 Å². The van der Waals surface area contributed by atoms with Crippen LogP contribution >= 0.6 is 0 Å². The highest BCUT2D eigenvalue weighted by Crippen LogP contribution is 2.22. The second-order valence-electron chi connectivity index (χ2n) is 12.7. The molecule has 4 heteroatoms. The van der Waals surface area contributed by atoms with Crippen molar-refractivity contribution in [3.63, 3.8) is 0 Å². The fourth-order valence-electron chi connectivity index (χ4n) is 3.85. The summed E-state index contributed by atoms with van der Waals surface area (Å²) in [5, 5.41) is 0. The quantitative estimate of drug-likeness (QED) is 0.128. The second-order valence-corrected chi connectivity index (χ2v) is 12.7. The summed E-state index contributed by atoms with van der Waals surface area (Å²) >= 11 is 0. The van der Waals surface area contributed by atoms with Gasteiger partial charge in [-0.3, -0.25) is 9.59 Å². The van der Waals surface area contributed by atoms with Gasteiger partial charge >= 0.3 is 11.9 Å². The maximum absolute atomic E-state index is 12.7. The van der Waals surface area contributed by atoms with Crippen molar-refractivity contribution >= 4 is 11.9 Å². The summed E-state index contributed by atoms with van der Waals surface area (Å²) in [6.07, 6.45) is 19.1. The van der Waals surface area contributed by atoms with Crippen LogP contribution in [0.3, 0.4) is 0 Å². The van der Waals surface area contributed by atoms with Gasteiger partial charge in [-0.25, -0.2) is 0 Å². The van der Waals surface area contributed by atoms with Gasteiger partial charge in [-0.05, 0) is 17.3 Å². The highest BCUT2D eigenvalue weighted by molar-refractivity contribution is 5.80. The first-order valence-electron chi connectivity index (χ1n) is 14.3. The third kappa shape index (κ3) is 22.7. The van der Waals surface area contributed by atoms with Gasteiger partial charge in [-0.1, -0.05) is 138 Å². The third-order valence-electron chi connectivity index (χ3n) is 5.97. The molecular weight excluding hydrogens is 424 g/mol. The lowest BCUT2D eigenvalue weighted by Gasteiger charge is -2.22. The van der Waals surface area contributed by atoms with E-state index in [0.717, 1.165) is 12.8 Å². The molecule has 202 valence electrons. The van der Waals surface area contributed by atoms with Crippen molar-refractivity contribution in [3.8, 4) is 0 Å². The Kier molecular flexibility index (Phi) is 18.6. The molecule has 0 rings (SSSR count). The molecule has 1 atom stereocenters. The van der Waals surface area contributed by atoms with E-state index in [9.17, 15) is 9.59 Å². The summed E-state index contributed by atoms with van der Waals surface area (Å²) in [5.41, 5.74) is -0.158. The van der Waals surface area contributed by atoms with Crippen LogP contribution in [0.2, 0.25) is 0 Å². The summed E-state index contributed by atoms with van der Waals surface area (Å²) in [7, 11) is 0. The maximum atomic E-state index is 12.7. The number of carbonyl (C=O) groups excluding carboxylic acids is 2. The molecule has 0 aliphatic rings. The van der Waals surface area contributed by atoms with Crippen molar-refractivity contribution in [2.24, 2.45) is 16.7 Å². The van der Waals surface area contributed by atoms with E-state index in [0.29, 0.717) is 19.6 Å². The molecule has 34 heavy (non-hydrogen) atoms. The number of hydrogen-bond acceptors (Lipinski definition) is 4. The summed E-state index contributed by atoms with van der Waals surface area (Å²) in [6.45, 7) is 15.2. The second kappa shape index (κ2) is 19.2. The van der Waals surface area contributed by atoms with Crippen molar-refractivity contribution in [3.05, 3.63) is 0 Å². The summed E-state index contributed by atoms with van der Waals surface area (Å²) < 4.78 is 10.9. The van der Waals surface area contributed by atoms with E-state index in [2.05, 4.69) is 6.92 Å². The number of ether oxygens (including phenoxy) is 2. The molecule has 0 fully saturated rings. The Morgan fingerprint density at radius 1 is 0.588 bits per heavy atom. The number of hydrogen-bond donors (Lipinski definition) is 0. The Bertz CT molecular complexity index is 513. The first kappa shape index (κ1) is 32.9. The van der Waals surface area contributed by atoms with E-state index in [-0.39, 0.29) is 29.2 Å². The van der Waals surface area contributed by atoms with Gasteiger partial charge in [-0.2, -0.15) is 0 Å². The number of rotatable bonds is 20. The average Bonchev–Trinajstić information content (AvgIpc) is 2.74. The van der Waals surface area contributed by atoms with Crippen LogP contribution in [0.1, 0.15) is 151 Å². The highest BCUT2D eigenvalue weighted by Gasteiger charge is 2.26. The minimum atomic E-state index is -0.396. The van der Waals surface area contributed by atoms with Crippen LogP contribution in [0, 0.1) is 16.7 Å². The number of esters is 2. The Balaban J connectivity index is 4.11. The minimum absolute atomic E-state index is 0.0769. The van der Waals surface area contributed by atoms with E-state index in [1.54, 1.807) is 0 Å².